The van der Waals surface area contributed by atoms with E-state index in [0.717, 1.165) is 0 Å². The molecule has 0 aromatic heterocycles. The number of phosphoric acid groups is 1. The minimum Gasteiger partial charge on any atom is -0.303 e. The molecule has 0 heterocycles. The molecule has 23 heavy (non-hydrogen) atoms. The number of rotatable bonds is 12. The van der Waals surface area contributed by atoms with E-state index in [1.807, 2.05) is 0 Å². The van der Waals surface area contributed by atoms with Crippen LogP contribution in [0.25, 0.3) is 0 Å². The van der Waals surface area contributed by atoms with Crippen molar-refractivity contribution in [2.45, 2.75) is 59.3 Å². The fourth-order valence-electron chi connectivity index (χ4n) is 2.87. The van der Waals surface area contributed by atoms with Gasteiger partial charge in [-0.15, -0.1) is 0 Å². The second-order valence-electron chi connectivity index (χ2n) is 6.88. The summed E-state index contributed by atoms with van der Waals surface area (Å²) >= 11 is 0. The molecule has 5 nitrogen and oxygen atoms in total. The van der Waals surface area contributed by atoms with Crippen LogP contribution in [0.15, 0.2) is 0 Å². The molecule has 0 bridgehead atoms. The monoisotopic (exact) mass is 373 g/mol. The third-order valence-electron chi connectivity index (χ3n) is 4.27. The molecule has 0 aliphatic carbocycles. The van der Waals surface area contributed by atoms with Crippen molar-refractivity contribution in [3.63, 3.8) is 0 Å². The molecule has 0 spiro atoms. The van der Waals surface area contributed by atoms with Crippen molar-refractivity contribution >= 4 is 15.1 Å². The molecule has 3 N–H and O–H groups in total. The van der Waals surface area contributed by atoms with Crippen molar-refractivity contribution in [3.05, 3.63) is 0 Å². The predicted octanol–water partition coefficient (Wildman–Crippen LogP) is 3.77. The average Bonchev–Trinajstić information content (AvgIpc) is 2.44. The summed E-state index contributed by atoms with van der Waals surface area (Å²) in [5.41, 5.74) is 0. The van der Waals surface area contributed by atoms with E-state index < -0.39 is 15.1 Å². The van der Waals surface area contributed by atoms with Crippen LogP contribution >= 0.6 is 15.1 Å². The Morgan fingerprint density at radius 3 is 1.30 bits per heavy atom. The molecular formula is C16H41NO4P2. The summed E-state index contributed by atoms with van der Waals surface area (Å²) in [5.74, 6) is 0. The molecule has 0 aliphatic rings. The van der Waals surface area contributed by atoms with Gasteiger partial charge in [-0.25, -0.2) is 4.57 Å². The minimum atomic E-state index is -4.64. The molecule has 0 aliphatic heterocycles. The summed E-state index contributed by atoms with van der Waals surface area (Å²) in [6.07, 6.45) is 14.9. The first kappa shape index (κ1) is 25.7. The zero-order chi connectivity index (χ0) is 18.4. The molecule has 0 saturated carbocycles. The zero-order valence-electron chi connectivity index (χ0n) is 15.9. The first-order valence-corrected chi connectivity index (χ1v) is 13.4. The largest absolute Gasteiger partial charge is 0.466 e. The van der Waals surface area contributed by atoms with Gasteiger partial charge in [0.25, 0.3) is 0 Å². The molecule has 0 aromatic rings. The second kappa shape index (κ2) is 14.8. The van der Waals surface area contributed by atoms with E-state index in [2.05, 4.69) is 39.8 Å². The van der Waals surface area contributed by atoms with Gasteiger partial charge in [-0.1, -0.05) is 0 Å². The molecule has 0 saturated heterocycles. The van der Waals surface area contributed by atoms with Gasteiger partial charge in [0.15, 0.2) is 0 Å². The van der Waals surface area contributed by atoms with Crippen LogP contribution in [0, 0.1) is 0 Å². The fourth-order valence-corrected chi connectivity index (χ4v) is 8.60. The molecule has 0 atom stereocenters. The van der Waals surface area contributed by atoms with Gasteiger partial charge in [0.05, 0.1) is 0 Å². The molecule has 144 valence electrons. The van der Waals surface area contributed by atoms with Gasteiger partial charge in [0.2, 0.25) is 0 Å². The van der Waals surface area contributed by atoms with Crippen LogP contribution in [0.2, 0.25) is 0 Å². The van der Waals surface area contributed by atoms with E-state index in [1.54, 1.807) is 24.6 Å². The molecule has 0 aromatic carbocycles. The number of nitrogens with zero attached hydrogens (tertiary/aromatic N) is 1. The minimum absolute atomic E-state index is 0.963. The summed E-state index contributed by atoms with van der Waals surface area (Å²) in [4.78, 5) is 24.0. The standard InChI is InChI=1S/C16H38NP.H3O4P/c1-6-9-13-18(14-10-7-2,15-11-8-3)16-12-17(4)5;1-5(2,3)4/h18H,6-16H2,1-5H3;(H3,1,2,3,4). The van der Waals surface area contributed by atoms with E-state index in [4.69, 9.17) is 19.2 Å². The van der Waals surface area contributed by atoms with Crippen molar-refractivity contribution in [1.29, 1.82) is 0 Å². The summed E-state index contributed by atoms with van der Waals surface area (Å²) in [6, 6.07) is 0. The van der Waals surface area contributed by atoms with Crippen molar-refractivity contribution in [2.75, 3.05) is 45.3 Å². The van der Waals surface area contributed by atoms with Gasteiger partial charge in [-0.2, -0.15) is 0 Å². The van der Waals surface area contributed by atoms with Gasteiger partial charge in [0.1, 0.15) is 0 Å². The van der Waals surface area contributed by atoms with Crippen molar-refractivity contribution in [2.24, 2.45) is 0 Å². The first-order valence-electron chi connectivity index (χ1n) is 9.03. The van der Waals surface area contributed by atoms with Crippen molar-refractivity contribution in [1.82, 2.24) is 4.90 Å². The molecule has 0 radical (unpaired) electrons. The smallest absolute Gasteiger partial charge is 0.303 e. The number of hydrogen-bond acceptors (Lipinski definition) is 2. The SMILES string of the molecule is CCCC[PH](CCCC)(CCCC)CCN(C)C.O=P(O)(O)O. The Balaban J connectivity index is 0. The summed E-state index contributed by atoms with van der Waals surface area (Å²) < 4.78 is 8.88. The average molecular weight is 373 g/mol. The maximum Gasteiger partial charge on any atom is 0.466 e. The molecule has 0 fully saturated rings. The topological polar surface area (TPSA) is 81.0 Å². The van der Waals surface area contributed by atoms with Crippen molar-refractivity contribution < 1.29 is 19.2 Å². The van der Waals surface area contributed by atoms with E-state index in [-0.39, 0.29) is 0 Å². The van der Waals surface area contributed by atoms with Crippen LogP contribution in [0.3, 0.4) is 0 Å². The van der Waals surface area contributed by atoms with E-state index in [1.165, 1.54) is 45.1 Å². The summed E-state index contributed by atoms with van der Waals surface area (Å²) in [6.45, 7) is 8.38. The number of hydrogen-bond donors (Lipinski definition) is 3. The Morgan fingerprint density at radius 1 is 0.783 bits per heavy atom. The quantitative estimate of drug-likeness (QED) is 0.454. The van der Waals surface area contributed by atoms with E-state index >= 15 is 0 Å². The van der Waals surface area contributed by atoms with Crippen LogP contribution in [0.5, 0.6) is 0 Å². The first-order chi connectivity index (χ1) is 10.6. The second-order valence-corrected chi connectivity index (χ2v) is 12.9. The molecule has 0 unspecified atom stereocenters. The summed E-state index contributed by atoms with van der Waals surface area (Å²) in [7, 11) is -1.13. The van der Waals surface area contributed by atoms with Gasteiger partial charge >= 0.3 is 125 Å². The molecule has 0 rings (SSSR count). The molecule has 7 heteroatoms. The van der Waals surface area contributed by atoms with Gasteiger partial charge in [-0.05, 0) is 0 Å². The maximum absolute atomic E-state index is 8.88. The van der Waals surface area contributed by atoms with Crippen LogP contribution in [-0.2, 0) is 4.57 Å². The molecular weight excluding hydrogens is 332 g/mol. The van der Waals surface area contributed by atoms with Gasteiger partial charge in [0, 0.05) is 0 Å². The summed E-state index contributed by atoms with van der Waals surface area (Å²) in [5, 5.41) is 0. The normalized spacial score (nSPS) is 12.9. The third kappa shape index (κ3) is 20.5. The van der Waals surface area contributed by atoms with Crippen LogP contribution < -0.4 is 0 Å². The van der Waals surface area contributed by atoms with Gasteiger partial charge < -0.3 is 14.7 Å². The van der Waals surface area contributed by atoms with Gasteiger partial charge in [-0.3, -0.25) is 0 Å². The Hall–Kier alpha value is 0.500. The zero-order valence-corrected chi connectivity index (χ0v) is 17.8. The van der Waals surface area contributed by atoms with Crippen LogP contribution in [0.1, 0.15) is 59.3 Å². The third-order valence-corrected chi connectivity index (χ3v) is 9.80. The Labute approximate surface area is 144 Å². The Morgan fingerprint density at radius 2 is 1.09 bits per heavy atom. The van der Waals surface area contributed by atoms with E-state index in [0.29, 0.717) is 0 Å². The number of unbranched alkanes of at least 4 members (excludes halogenated alkanes) is 3. The Kier molecular flexibility index (Phi) is 16.6. The van der Waals surface area contributed by atoms with Crippen LogP contribution in [0.4, 0.5) is 0 Å². The maximum atomic E-state index is 8.88. The van der Waals surface area contributed by atoms with Crippen LogP contribution in [-0.4, -0.2) is 64.9 Å². The molecule has 0 amide bonds. The van der Waals surface area contributed by atoms with Crippen molar-refractivity contribution in [3.8, 4) is 0 Å². The Bertz CT molecular complexity index is 278. The predicted molar refractivity (Wildman–Crippen MR) is 105 cm³/mol. The van der Waals surface area contributed by atoms with E-state index in [9.17, 15) is 0 Å². The fraction of sp³-hybridized carbons (Fsp3) is 1.00.